The summed E-state index contributed by atoms with van der Waals surface area (Å²) in [5, 5.41) is 8.09. The largest absolute Gasteiger partial charge is 0.464 e. The number of aryl methyl sites for hydroxylation is 1. The van der Waals surface area contributed by atoms with Crippen molar-refractivity contribution in [3.05, 3.63) is 24.1 Å². The predicted octanol–water partition coefficient (Wildman–Crippen LogP) is 2.34. The molecule has 0 bridgehead atoms. The molecule has 0 aliphatic carbocycles. The number of esters is 1. The summed E-state index contributed by atoms with van der Waals surface area (Å²) in [5.41, 5.74) is 0.720. The minimum atomic E-state index is -0.497. The number of ether oxygens (including phenoxy) is 3. The van der Waals surface area contributed by atoms with Crippen LogP contribution in [0.25, 0.3) is 11.5 Å². The van der Waals surface area contributed by atoms with Crippen molar-refractivity contribution in [3.8, 4) is 23.0 Å². The van der Waals surface area contributed by atoms with Gasteiger partial charge in [0.2, 0.25) is 24.5 Å². The van der Waals surface area contributed by atoms with Crippen molar-refractivity contribution < 1.29 is 28.2 Å². The third-order valence-electron chi connectivity index (χ3n) is 5.02. The first-order valence-electron chi connectivity index (χ1n) is 9.84. The summed E-state index contributed by atoms with van der Waals surface area (Å²) in [7, 11) is 0. The number of hydrogen-bond donors (Lipinski definition) is 0. The summed E-state index contributed by atoms with van der Waals surface area (Å²) in [6.07, 6.45) is 2.94. The van der Waals surface area contributed by atoms with Crippen molar-refractivity contribution in [1.29, 1.82) is 0 Å². The number of aromatic nitrogens is 2. The van der Waals surface area contributed by atoms with E-state index in [0.717, 1.165) is 18.4 Å². The lowest BCUT2D eigenvalue weighted by atomic mass is 10.0. The first-order valence-corrected chi connectivity index (χ1v) is 9.84. The fourth-order valence-corrected chi connectivity index (χ4v) is 3.57. The van der Waals surface area contributed by atoms with Gasteiger partial charge in [-0.1, -0.05) is 0 Å². The highest BCUT2D eigenvalue weighted by atomic mass is 16.7. The Morgan fingerprint density at radius 2 is 2.07 bits per heavy atom. The molecule has 1 aromatic carbocycles. The Hall–Kier alpha value is -3.10. The summed E-state index contributed by atoms with van der Waals surface area (Å²) < 4.78 is 21.5. The molecule has 1 unspecified atom stereocenters. The first kappa shape index (κ1) is 19.2. The number of likely N-dealkylation sites (tertiary alicyclic amines) is 1. The van der Waals surface area contributed by atoms with Gasteiger partial charge in [0, 0.05) is 24.9 Å². The second-order valence-electron chi connectivity index (χ2n) is 6.92. The molecule has 9 nitrogen and oxygen atoms in total. The van der Waals surface area contributed by atoms with Crippen LogP contribution in [0.3, 0.4) is 0 Å². The second-order valence-corrected chi connectivity index (χ2v) is 6.92. The van der Waals surface area contributed by atoms with Crippen molar-refractivity contribution >= 4 is 11.9 Å². The Balaban J connectivity index is 1.38. The van der Waals surface area contributed by atoms with Crippen LogP contribution in [-0.4, -0.2) is 53.0 Å². The number of piperidine rings is 1. The molecule has 1 fully saturated rings. The minimum Gasteiger partial charge on any atom is -0.464 e. The number of fused-ring (bicyclic) bond motifs is 1. The molecule has 0 saturated carbocycles. The van der Waals surface area contributed by atoms with Crippen molar-refractivity contribution in [1.82, 2.24) is 15.1 Å². The van der Waals surface area contributed by atoms with Crippen LogP contribution >= 0.6 is 0 Å². The summed E-state index contributed by atoms with van der Waals surface area (Å²) in [5.74, 6) is 1.60. The quantitative estimate of drug-likeness (QED) is 0.680. The molecule has 0 N–H and O–H groups in total. The molecular formula is C20H23N3O6. The van der Waals surface area contributed by atoms with Crippen LogP contribution < -0.4 is 9.47 Å². The normalized spacial score (nSPS) is 18.0. The number of benzene rings is 1. The van der Waals surface area contributed by atoms with Crippen molar-refractivity contribution in [2.24, 2.45) is 0 Å². The zero-order valence-corrected chi connectivity index (χ0v) is 16.3. The van der Waals surface area contributed by atoms with Gasteiger partial charge in [0.05, 0.1) is 6.61 Å². The number of nitrogens with zero attached hydrogens (tertiary/aromatic N) is 3. The Morgan fingerprint density at radius 3 is 2.93 bits per heavy atom. The first-order chi connectivity index (χ1) is 14.2. The van der Waals surface area contributed by atoms with Crippen molar-refractivity contribution in [3.63, 3.8) is 0 Å². The molecule has 3 heterocycles. The van der Waals surface area contributed by atoms with E-state index in [0.29, 0.717) is 49.3 Å². The van der Waals surface area contributed by atoms with Crippen LogP contribution in [0.4, 0.5) is 0 Å². The van der Waals surface area contributed by atoms with Gasteiger partial charge < -0.3 is 23.5 Å². The maximum Gasteiger partial charge on any atom is 0.328 e. The predicted molar refractivity (Wildman–Crippen MR) is 100 cm³/mol. The molecule has 1 amide bonds. The number of rotatable bonds is 6. The van der Waals surface area contributed by atoms with Crippen molar-refractivity contribution in [2.45, 2.75) is 45.1 Å². The van der Waals surface area contributed by atoms with Gasteiger partial charge in [-0.15, -0.1) is 10.2 Å². The van der Waals surface area contributed by atoms with E-state index in [1.165, 1.54) is 0 Å². The summed E-state index contributed by atoms with van der Waals surface area (Å²) in [4.78, 5) is 26.5. The van der Waals surface area contributed by atoms with Crippen LogP contribution in [-0.2, 0) is 20.7 Å². The van der Waals surface area contributed by atoms with E-state index in [9.17, 15) is 9.59 Å². The van der Waals surface area contributed by atoms with Gasteiger partial charge in [0.25, 0.3) is 0 Å². The van der Waals surface area contributed by atoms with Gasteiger partial charge in [0.1, 0.15) is 6.04 Å². The maximum absolute atomic E-state index is 12.7. The lowest BCUT2D eigenvalue weighted by Gasteiger charge is -2.34. The highest BCUT2D eigenvalue weighted by molar-refractivity contribution is 5.84. The smallest absolute Gasteiger partial charge is 0.328 e. The Kier molecular flexibility index (Phi) is 5.64. The van der Waals surface area contributed by atoms with E-state index in [2.05, 4.69) is 10.2 Å². The van der Waals surface area contributed by atoms with Crippen LogP contribution in [0.15, 0.2) is 22.6 Å². The maximum atomic E-state index is 12.7. The van der Waals surface area contributed by atoms with E-state index in [1.54, 1.807) is 24.0 Å². The van der Waals surface area contributed by atoms with E-state index in [1.807, 2.05) is 6.07 Å². The van der Waals surface area contributed by atoms with Gasteiger partial charge >= 0.3 is 5.97 Å². The number of hydrogen-bond acceptors (Lipinski definition) is 8. The Bertz CT molecular complexity index is 896. The topological polar surface area (TPSA) is 104 Å². The molecule has 29 heavy (non-hydrogen) atoms. The standard InChI is InChI=1S/C20H23N3O6/c1-2-26-20(25)14-5-3-4-10-23(14)18(24)9-8-17-21-22-19(29-17)13-6-7-15-16(11-13)28-12-27-15/h6-7,11,14H,2-5,8-10,12H2,1H3. The van der Waals surface area contributed by atoms with E-state index in [4.69, 9.17) is 18.6 Å². The third kappa shape index (κ3) is 4.18. The Labute approximate surface area is 167 Å². The molecule has 2 aliphatic rings. The fourth-order valence-electron chi connectivity index (χ4n) is 3.57. The molecule has 2 aliphatic heterocycles. The van der Waals surface area contributed by atoms with Gasteiger partial charge in [0.15, 0.2) is 11.5 Å². The van der Waals surface area contributed by atoms with Crippen LogP contribution in [0.1, 0.15) is 38.5 Å². The molecule has 9 heteroatoms. The molecule has 1 saturated heterocycles. The third-order valence-corrected chi connectivity index (χ3v) is 5.02. The average Bonchev–Trinajstić information content (AvgIpc) is 3.41. The summed E-state index contributed by atoms with van der Waals surface area (Å²) in [6, 6.07) is 4.88. The summed E-state index contributed by atoms with van der Waals surface area (Å²) >= 11 is 0. The van der Waals surface area contributed by atoms with Gasteiger partial charge in [-0.3, -0.25) is 4.79 Å². The highest BCUT2D eigenvalue weighted by Crippen LogP contribution is 2.35. The number of amides is 1. The van der Waals surface area contributed by atoms with Crippen LogP contribution in [0.2, 0.25) is 0 Å². The fraction of sp³-hybridized carbons (Fsp3) is 0.500. The van der Waals surface area contributed by atoms with Crippen LogP contribution in [0.5, 0.6) is 11.5 Å². The number of carbonyl (C=O) groups excluding carboxylic acids is 2. The molecule has 0 radical (unpaired) electrons. The molecular weight excluding hydrogens is 378 g/mol. The van der Waals surface area contributed by atoms with Gasteiger partial charge in [-0.25, -0.2) is 4.79 Å². The molecule has 1 aromatic heterocycles. The highest BCUT2D eigenvalue weighted by Gasteiger charge is 2.33. The van der Waals surface area contributed by atoms with E-state index in [-0.39, 0.29) is 25.1 Å². The molecule has 154 valence electrons. The summed E-state index contributed by atoms with van der Waals surface area (Å²) in [6.45, 7) is 2.83. The zero-order valence-electron chi connectivity index (χ0n) is 16.3. The van der Waals surface area contributed by atoms with Gasteiger partial charge in [-0.05, 0) is 44.4 Å². The monoisotopic (exact) mass is 401 g/mol. The number of carbonyl (C=O) groups is 2. The molecule has 1 atom stereocenters. The SMILES string of the molecule is CCOC(=O)C1CCCCN1C(=O)CCc1nnc(-c2ccc3c(c2)OCO3)o1. The zero-order chi connectivity index (χ0) is 20.2. The molecule has 4 rings (SSSR count). The van der Waals surface area contributed by atoms with Crippen LogP contribution in [0, 0.1) is 0 Å². The van der Waals surface area contributed by atoms with Gasteiger partial charge in [-0.2, -0.15) is 0 Å². The van der Waals surface area contributed by atoms with E-state index < -0.39 is 6.04 Å². The lowest BCUT2D eigenvalue weighted by molar-refractivity contribution is -0.156. The second kappa shape index (κ2) is 8.50. The minimum absolute atomic E-state index is 0.106. The average molecular weight is 401 g/mol. The van der Waals surface area contributed by atoms with Crippen molar-refractivity contribution in [2.75, 3.05) is 19.9 Å². The lowest BCUT2D eigenvalue weighted by Crippen LogP contribution is -2.48. The molecule has 0 spiro atoms. The Morgan fingerprint density at radius 1 is 1.21 bits per heavy atom. The van der Waals surface area contributed by atoms with E-state index >= 15 is 0 Å². The molecule has 2 aromatic rings.